The van der Waals surface area contributed by atoms with Crippen LogP contribution in [0.4, 0.5) is 5.69 Å². The Labute approximate surface area is 178 Å². The molecule has 155 valence electrons. The van der Waals surface area contributed by atoms with Gasteiger partial charge in [-0.05, 0) is 6.07 Å². The maximum atomic E-state index is 12.6. The summed E-state index contributed by atoms with van der Waals surface area (Å²) in [5.74, 6) is -1.56. The second-order valence-corrected chi connectivity index (χ2v) is 6.87. The smallest absolute Gasteiger partial charge is 0.338 e. The van der Waals surface area contributed by atoms with Gasteiger partial charge in [-0.3, -0.25) is 19.7 Å². The Balaban J connectivity index is 1.80. The predicted molar refractivity (Wildman–Crippen MR) is 113 cm³/mol. The first-order valence-corrected chi connectivity index (χ1v) is 9.44. The first-order valence-electron chi connectivity index (χ1n) is 9.44. The largest absolute Gasteiger partial charge is 0.461 e. The Morgan fingerprint density at radius 2 is 1.68 bits per heavy atom. The molecular formula is C24H18NO6. The monoisotopic (exact) mass is 416 g/mol. The molecule has 3 aromatic rings. The Hall–Kier alpha value is -4.13. The minimum atomic E-state index is -0.718. The van der Waals surface area contributed by atoms with Gasteiger partial charge in [-0.2, -0.15) is 0 Å². The molecule has 0 aliphatic carbocycles. The molecule has 1 radical (unpaired) electrons. The van der Waals surface area contributed by atoms with Crippen LogP contribution in [0.3, 0.4) is 0 Å². The summed E-state index contributed by atoms with van der Waals surface area (Å²) in [6.07, 6.45) is 1.68. The molecule has 0 aliphatic heterocycles. The van der Waals surface area contributed by atoms with Crippen LogP contribution >= 0.6 is 0 Å². The third-order valence-corrected chi connectivity index (χ3v) is 4.78. The zero-order valence-electron chi connectivity index (χ0n) is 16.6. The quantitative estimate of drug-likeness (QED) is 0.235. The van der Waals surface area contributed by atoms with Crippen LogP contribution in [0.15, 0.2) is 72.8 Å². The number of esters is 1. The number of benzene rings is 3. The summed E-state index contributed by atoms with van der Waals surface area (Å²) >= 11 is 0. The van der Waals surface area contributed by atoms with E-state index in [0.717, 1.165) is 0 Å². The van der Waals surface area contributed by atoms with E-state index in [1.54, 1.807) is 55.7 Å². The maximum absolute atomic E-state index is 12.6. The molecule has 0 bridgehead atoms. The third kappa shape index (κ3) is 4.90. The Bertz CT molecular complexity index is 1140. The Morgan fingerprint density at radius 3 is 2.35 bits per heavy atom. The van der Waals surface area contributed by atoms with Crippen LogP contribution in [0, 0.1) is 10.1 Å². The SMILES string of the molecule is CC(COC(=O)c1ccccc1[C]=O)c1ccc(C(=O)c2ccccc2)cc1[N+](=O)[O-]. The predicted octanol–water partition coefficient (Wildman–Crippen LogP) is 4.24. The molecule has 3 aromatic carbocycles. The number of hydrogen-bond donors (Lipinski definition) is 0. The molecule has 0 aliphatic rings. The highest BCUT2D eigenvalue weighted by Gasteiger charge is 2.23. The molecule has 0 heterocycles. The number of ketones is 1. The van der Waals surface area contributed by atoms with Gasteiger partial charge in [-0.15, -0.1) is 0 Å². The molecule has 1 atom stereocenters. The Kier molecular flexibility index (Phi) is 6.67. The van der Waals surface area contributed by atoms with E-state index in [2.05, 4.69) is 0 Å². The number of nitrogens with zero attached hydrogens (tertiary/aromatic N) is 1. The second kappa shape index (κ2) is 9.58. The van der Waals surface area contributed by atoms with Gasteiger partial charge in [0.15, 0.2) is 5.78 Å². The maximum Gasteiger partial charge on any atom is 0.338 e. The minimum absolute atomic E-state index is 0.0722. The van der Waals surface area contributed by atoms with Crippen molar-refractivity contribution in [2.24, 2.45) is 0 Å². The lowest BCUT2D eigenvalue weighted by Crippen LogP contribution is -2.14. The topological polar surface area (TPSA) is 104 Å². The Morgan fingerprint density at radius 1 is 1.00 bits per heavy atom. The average molecular weight is 416 g/mol. The molecule has 0 saturated heterocycles. The summed E-state index contributed by atoms with van der Waals surface area (Å²) in [5, 5.41) is 11.6. The lowest BCUT2D eigenvalue weighted by molar-refractivity contribution is -0.385. The number of rotatable bonds is 8. The highest BCUT2D eigenvalue weighted by molar-refractivity contribution is 6.09. The van der Waals surface area contributed by atoms with Gasteiger partial charge in [0.2, 0.25) is 6.29 Å². The van der Waals surface area contributed by atoms with E-state index < -0.39 is 16.8 Å². The van der Waals surface area contributed by atoms with Crippen LogP contribution in [0.2, 0.25) is 0 Å². The van der Waals surface area contributed by atoms with Crippen molar-refractivity contribution >= 4 is 23.7 Å². The van der Waals surface area contributed by atoms with Crippen LogP contribution < -0.4 is 0 Å². The molecule has 0 saturated carbocycles. The fourth-order valence-corrected chi connectivity index (χ4v) is 3.13. The zero-order valence-corrected chi connectivity index (χ0v) is 16.6. The molecule has 1 unspecified atom stereocenters. The summed E-state index contributed by atoms with van der Waals surface area (Å²) in [7, 11) is 0. The van der Waals surface area contributed by atoms with E-state index in [9.17, 15) is 24.5 Å². The number of carbonyl (C=O) groups is 2. The lowest BCUT2D eigenvalue weighted by atomic mass is 9.95. The normalized spacial score (nSPS) is 11.4. The van der Waals surface area contributed by atoms with Crippen molar-refractivity contribution in [3.8, 4) is 0 Å². The van der Waals surface area contributed by atoms with Crippen LogP contribution in [-0.4, -0.2) is 29.6 Å². The van der Waals surface area contributed by atoms with Crippen molar-refractivity contribution in [1.29, 1.82) is 0 Å². The fraction of sp³-hybridized carbons (Fsp3) is 0.125. The second-order valence-electron chi connectivity index (χ2n) is 6.87. The van der Waals surface area contributed by atoms with Crippen LogP contribution in [0.1, 0.15) is 50.2 Å². The molecule has 3 rings (SSSR count). The minimum Gasteiger partial charge on any atom is -0.461 e. The fourth-order valence-electron chi connectivity index (χ4n) is 3.13. The highest BCUT2D eigenvalue weighted by atomic mass is 16.6. The van der Waals surface area contributed by atoms with Crippen LogP contribution in [-0.2, 0) is 9.53 Å². The van der Waals surface area contributed by atoms with Gasteiger partial charge in [0.25, 0.3) is 5.69 Å². The number of nitro groups is 1. The van der Waals surface area contributed by atoms with E-state index in [4.69, 9.17) is 4.74 Å². The van der Waals surface area contributed by atoms with E-state index in [1.807, 2.05) is 0 Å². The molecule has 7 nitrogen and oxygen atoms in total. The van der Waals surface area contributed by atoms with Crippen molar-refractivity contribution in [1.82, 2.24) is 0 Å². The first-order chi connectivity index (χ1) is 14.9. The molecule has 0 fully saturated rings. The number of carbonyl (C=O) groups excluding carboxylic acids is 3. The average Bonchev–Trinajstić information content (AvgIpc) is 2.81. The molecule has 0 spiro atoms. The van der Waals surface area contributed by atoms with Crippen molar-refractivity contribution in [3.05, 3.63) is 111 Å². The van der Waals surface area contributed by atoms with Gasteiger partial charge >= 0.3 is 5.97 Å². The first kappa shape index (κ1) is 21.6. The summed E-state index contributed by atoms with van der Waals surface area (Å²) in [5.41, 5.74) is 0.876. The standard InChI is InChI=1S/C24H18NO6/c1-16(15-31-24(28)21-10-6-5-9-19(21)14-26)20-12-11-18(13-22(20)25(29)30)23(27)17-7-3-2-4-8-17/h2-13,16H,15H2,1H3. The highest BCUT2D eigenvalue weighted by Crippen LogP contribution is 2.29. The van der Waals surface area contributed by atoms with Gasteiger partial charge in [0.1, 0.15) is 0 Å². The van der Waals surface area contributed by atoms with E-state index in [-0.39, 0.29) is 34.8 Å². The van der Waals surface area contributed by atoms with E-state index in [1.165, 1.54) is 30.3 Å². The summed E-state index contributed by atoms with van der Waals surface area (Å²) in [6, 6.07) is 18.8. The number of nitro benzene ring substituents is 1. The summed E-state index contributed by atoms with van der Waals surface area (Å²) < 4.78 is 5.26. The van der Waals surface area contributed by atoms with Crippen molar-refractivity contribution in [2.75, 3.05) is 6.61 Å². The lowest BCUT2D eigenvalue weighted by Gasteiger charge is -2.14. The number of ether oxygens (including phenoxy) is 1. The molecule has 0 amide bonds. The molecule has 31 heavy (non-hydrogen) atoms. The summed E-state index contributed by atoms with van der Waals surface area (Å²) in [6.45, 7) is 1.53. The van der Waals surface area contributed by atoms with Crippen molar-refractivity contribution in [3.63, 3.8) is 0 Å². The molecule has 7 heteroatoms. The zero-order chi connectivity index (χ0) is 22.4. The van der Waals surface area contributed by atoms with Crippen molar-refractivity contribution < 1.29 is 24.0 Å². The van der Waals surface area contributed by atoms with Gasteiger partial charge in [0, 0.05) is 34.2 Å². The van der Waals surface area contributed by atoms with Crippen LogP contribution in [0.5, 0.6) is 0 Å². The van der Waals surface area contributed by atoms with Crippen LogP contribution in [0.25, 0.3) is 0 Å². The third-order valence-electron chi connectivity index (χ3n) is 4.78. The summed E-state index contributed by atoms with van der Waals surface area (Å²) in [4.78, 5) is 46.9. The van der Waals surface area contributed by atoms with E-state index in [0.29, 0.717) is 11.1 Å². The van der Waals surface area contributed by atoms with Gasteiger partial charge in [0.05, 0.1) is 17.1 Å². The van der Waals surface area contributed by atoms with E-state index >= 15 is 0 Å². The molecular weight excluding hydrogens is 398 g/mol. The van der Waals surface area contributed by atoms with Gasteiger partial charge in [-0.25, -0.2) is 4.79 Å². The van der Waals surface area contributed by atoms with Crippen molar-refractivity contribution in [2.45, 2.75) is 12.8 Å². The van der Waals surface area contributed by atoms with Gasteiger partial charge < -0.3 is 4.74 Å². The molecule has 0 aromatic heterocycles. The van der Waals surface area contributed by atoms with Gasteiger partial charge in [-0.1, -0.05) is 67.6 Å². The number of hydrogen-bond acceptors (Lipinski definition) is 6. The molecule has 0 N–H and O–H groups in total.